The lowest BCUT2D eigenvalue weighted by Gasteiger charge is -2.37. The number of hydrogen-bond donors (Lipinski definition) is 0. The molecule has 0 spiro atoms. The maximum absolute atomic E-state index is 15.4. The number of aromatic nitrogens is 1. The monoisotopic (exact) mass is 442 g/mol. The Morgan fingerprint density at radius 3 is 2.62 bits per heavy atom. The highest BCUT2D eigenvalue weighted by molar-refractivity contribution is 6.00. The molecule has 1 saturated carbocycles. The topological polar surface area (TPSA) is 58.0 Å². The van der Waals surface area contributed by atoms with Crippen molar-refractivity contribution < 1.29 is 13.9 Å². The summed E-state index contributed by atoms with van der Waals surface area (Å²) in [7, 11) is 2.05. The number of ether oxygens (including phenoxy) is 1. The molecule has 1 aliphatic carbocycles. The first-order chi connectivity index (χ1) is 15.4. The highest BCUT2D eigenvalue weighted by atomic mass is 19.1. The van der Waals surface area contributed by atoms with E-state index in [-0.39, 0.29) is 22.9 Å². The van der Waals surface area contributed by atoms with E-state index in [1.807, 2.05) is 23.3 Å². The van der Waals surface area contributed by atoms with Crippen LogP contribution in [-0.2, 0) is 0 Å². The second kappa shape index (κ2) is 8.06. The van der Waals surface area contributed by atoms with Crippen LogP contribution in [0.5, 0.6) is 5.75 Å². The summed E-state index contributed by atoms with van der Waals surface area (Å²) in [5.41, 5.74) is 0.712. The van der Waals surface area contributed by atoms with Crippen LogP contribution in [0, 0.1) is 11.7 Å². The average molecular weight is 443 g/mol. The van der Waals surface area contributed by atoms with Gasteiger partial charge in [0.1, 0.15) is 17.9 Å². The molecule has 8 heteroatoms. The van der Waals surface area contributed by atoms with Crippen molar-refractivity contribution in [1.82, 2.24) is 14.4 Å². The summed E-state index contributed by atoms with van der Waals surface area (Å²) < 4.78 is 23.4. The van der Waals surface area contributed by atoms with Gasteiger partial charge in [-0.3, -0.25) is 9.59 Å². The Kier molecular flexibility index (Phi) is 5.35. The van der Waals surface area contributed by atoms with Crippen molar-refractivity contribution in [2.24, 2.45) is 5.92 Å². The van der Waals surface area contributed by atoms with E-state index in [1.165, 1.54) is 6.07 Å². The molecular formula is C24H31FN4O3. The molecular weight excluding hydrogens is 411 g/mol. The second-order valence-corrected chi connectivity index (χ2v) is 9.45. The number of pyridine rings is 1. The van der Waals surface area contributed by atoms with Gasteiger partial charge in [-0.25, -0.2) is 4.39 Å². The van der Waals surface area contributed by atoms with Gasteiger partial charge in [-0.1, -0.05) is 0 Å². The summed E-state index contributed by atoms with van der Waals surface area (Å²) in [6, 6.07) is 1.24. The van der Waals surface area contributed by atoms with Gasteiger partial charge in [0, 0.05) is 45.5 Å². The van der Waals surface area contributed by atoms with Gasteiger partial charge in [-0.2, -0.15) is 0 Å². The van der Waals surface area contributed by atoms with Crippen molar-refractivity contribution in [3.8, 4) is 5.75 Å². The van der Waals surface area contributed by atoms with E-state index in [4.69, 9.17) is 4.74 Å². The number of benzene rings is 1. The number of rotatable bonds is 5. The number of carbonyl (C=O) groups is 1. The molecule has 1 amide bonds. The zero-order valence-corrected chi connectivity index (χ0v) is 19.1. The van der Waals surface area contributed by atoms with Crippen molar-refractivity contribution in [3.05, 3.63) is 33.9 Å². The lowest BCUT2D eigenvalue weighted by molar-refractivity contribution is 0.0754. The summed E-state index contributed by atoms with van der Waals surface area (Å²) in [5, 5.41) is 0.218. The molecule has 2 fully saturated rings. The fourth-order valence-corrected chi connectivity index (χ4v) is 4.83. The zero-order chi connectivity index (χ0) is 22.6. The minimum atomic E-state index is -0.467. The Morgan fingerprint density at radius 1 is 1.25 bits per heavy atom. The largest absolute Gasteiger partial charge is 0.487 e. The van der Waals surface area contributed by atoms with Gasteiger partial charge in [0.2, 0.25) is 5.43 Å². The van der Waals surface area contributed by atoms with Crippen LogP contribution in [0.4, 0.5) is 10.1 Å². The molecule has 32 heavy (non-hydrogen) atoms. The summed E-state index contributed by atoms with van der Waals surface area (Å²) >= 11 is 0. The van der Waals surface area contributed by atoms with Gasteiger partial charge in [-0.05, 0) is 45.7 Å². The molecule has 5 rings (SSSR count). The molecule has 1 aromatic heterocycles. The first kappa shape index (κ1) is 21.2. The van der Waals surface area contributed by atoms with Crippen molar-refractivity contribution in [3.63, 3.8) is 0 Å². The Bertz CT molecular complexity index is 1120. The predicted molar refractivity (Wildman–Crippen MR) is 122 cm³/mol. The maximum Gasteiger partial charge on any atom is 0.259 e. The fraction of sp³-hybridized carbons (Fsp3) is 0.583. The third-order valence-electron chi connectivity index (χ3n) is 7.04. The summed E-state index contributed by atoms with van der Waals surface area (Å²) in [4.78, 5) is 32.7. The van der Waals surface area contributed by atoms with Crippen LogP contribution in [0.3, 0.4) is 0 Å². The van der Waals surface area contributed by atoms with Gasteiger partial charge in [-0.15, -0.1) is 0 Å². The molecule has 2 aliphatic heterocycles. The Balaban J connectivity index is 1.65. The highest BCUT2D eigenvalue weighted by Crippen LogP contribution is 2.42. The number of amides is 1. The van der Waals surface area contributed by atoms with Crippen molar-refractivity contribution in [2.75, 3.05) is 57.8 Å². The van der Waals surface area contributed by atoms with Crippen LogP contribution in [0.25, 0.3) is 10.9 Å². The molecule has 0 N–H and O–H groups in total. The average Bonchev–Trinajstić information content (AvgIpc) is 3.60. The van der Waals surface area contributed by atoms with E-state index in [0.29, 0.717) is 55.7 Å². The minimum Gasteiger partial charge on any atom is -0.487 e. The highest BCUT2D eigenvalue weighted by Gasteiger charge is 2.33. The molecule has 7 nitrogen and oxygen atoms in total. The van der Waals surface area contributed by atoms with Crippen LogP contribution in [-0.4, -0.2) is 73.2 Å². The Morgan fingerprint density at radius 2 is 1.97 bits per heavy atom. The van der Waals surface area contributed by atoms with E-state index < -0.39 is 11.2 Å². The van der Waals surface area contributed by atoms with E-state index in [0.717, 1.165) is 25.9 Å². The van der Waals surface area contributed by atoms with Crippen LogP contribution >= 0.6 is 0 Å². The normalized spacial score (nSPS) is 21.0. The molecule has 172 valence electrons. The molecule has 3 heterocycles. The number of hydrogen-bond acceptors (Lipinski definition) is 5. The molecule has 1 aromatic carbocycles. The third kappa shape index (κ3) is 3.54. The summed E-state index contributed by atoms with van der Waals surface area (Å²) in [6.45, 7) is 8.56. The van der Waals surface area contributed by atoms with Crippen molar-refractivity contribution >= 4 is 22.5 Å². The SMILES string of the molecule is CCN(CC1CC1)C(=O)c1cn2c3c(c(N4CCN(C)CC4)c(F)cc3c1=O)OC[C@H]2C. The zero-order valence-electron chi connectivity index (χ0n) is 19.1. The Hall–Kier alpha value is -2.61. The number of carbonyl (C=O) groups excluding carboxylic acids is 1. The standard InChI is InChI=1S/C24H31FN4O3/c1-4-27(12-16-5-6-16)24(31)18-13-29-15(2)14-32-23-20(29)17(22(18)30)11-19(25)21(23)28-9-7-26(3)8-10-28/h11,13,15-16H,4-10,12,14H2,1-3H3/t15-/m1/s1. The van der Waals surface area contributed by atoms with Gasteiger partial charge in [0.15, 0.2) is 11.6 Å². The number of piperazine rings is 1. The number of halogens is 1. The first-order valence-corrected chi connectivity index (χ1v) is 11.7. The molecule has 0 radical (unpaired) electrons. The first-order valence-electron chi connectivity index (χ1n) is 11.7. The van der Waals surface area contributed by atoms with Gasteiger partial charge in [0.05, 0.1) is 16.9 Å². The van der Waals surface area contributed by atoms with E-state index >= 15 is 4.39 Å². The lowest BCUT2D eigenvalue weighted by atomic mass is 10.0. The predicted octanol–water partition coefficient (Wildman–Crippen LogP) is 2.72. The van der Waals surface area contributed by atoms with Gasteiger partial charge < -0.3 is 24.0 Å². The molecule has 1 atom stereocenters. The van der Waals surface area contributed by atoms with E-state index in [2.05, 4.69) is 11.9 Å². The number of anilines is 1. The molecule has 1 saturated heterocycles. The quantitative estimate of drug-likeness (QED) is 0.713. The maximum atomic E-state index is 15.4. The van der Waals surface area contributed by atoms with Crippen LogP contribution in [0.1, 0.15) is 43.1 Å². The van der Waals surface area contributed by atoms with Gasteiger partial charge >= 0.3 is 0 Å². The molecule has 2 aromatic rings. The molecule has 0 bridgehead atoms. The number of likely N-dealkylation sites (N-methyl/N-ethyl adjacent to an activating group) is 1. The second-order valence-electron chi connectivity index (χ2n) is 9.45. The molecule has 3 aliphatic rings. The van der Waals surface area contributed by atoms with Crippen LogP contribution in [0.2, 0.25) is 0 Å². The molecule has 0 unspecified atom stereocenters. The summed E-state index contributed by atoms with van der Waals surface area (Å²) in [5.74, 6) is 0.219. The van der Waals surface area contributed by atoms with Crippen molar-refractivity contribution in [1.29, 1.82) is 0 Å². The fourth-order valence-electron chi connectivity index (χ4n) is 4.83. The van der Waals surface area contributed by atoms with E-state index in [9.17, 15) is 9.59 Å². The Labute approximate surface area is 187 Å². The van der Waals surface area contributed by atoms with Crippen molar-refractivity contribution in [2.45, 2.75) is 32.7 Å². The van der Waals surface area contributed by atoms with Crippen LogP contribution < -0.4 is 15.1 Å². The summed E-state index contributed by atoms with van der Waals surface area (Å²) in [6.07, 6.45) is 3.93. The van der Waals surface area contributed by atoms with Crippen LogP contribution in [0.15, 0.2) is 17.1 Å². The van der Waals surface area contributed by atoms with E-state index in [1.54, 1.807) is 11.1 Å². The number of nitrogens with zero attached hydrogens (tertiary/aromatic N) is 4. The third-order valence-corrected chi connectivity index (χ3v) is 7.04. The smallest absolute Gasteiger partial charge is 0.259 e. The lowest BCUT2D eigenvalue weighted by Crippen LogP contribution is -2.45. The minimum absolute atomic E-state index is 0.0681. The van der Waals surface area contributed by atoms with Gasteiger partial charge in [0.25, 0.3) is 5.91 Å².